The van der Waals surface area contributed by atoms with Gasteiger partial charge in [0, 0.05) is 16.8 Å². The van der Waals surface area contributed by atoms with E-state index in [0.717, 1.165) is 22.4 Å². The number of nitrogens with one attached hydrogen (secondary N) is 1. The fourth-order valence-corrected chi connectivity index (χ4v) is 3.10. The molecular formula is C25H27NO4. The molecule has 5 heteroatoms. The summed E-state index contributed by atoms with van der Waals surface area (Å²) in [5.41, 5.74) is 4.32. The molecule has 0 bridgehead atoms. The molecule has 3 aromatic carbocycles. The van der Waals surface area contributed by atoms with E-state index in [9.17, 15) is 4.79 Å². The van der Waals surface area contributed by atoms with Crippen molar-refractivity contribution < 1.29 is 19.0 Å². The molecule has 0 aliphatic heterocycles. The normalized spacial score (nSPS) is 10.4. The first-order chi connectivity index (χ1) is 14.5. The smallest absolute Gasteiger partial charge is 0.255 e. The lowest BCUT2D eigenvalue weighted by atomic mass is 10.1. The van der Waals surface area contributed by atoms with Gasteiger partial charge < -0.3 is 19.5 Å². The van der Waals surface area contributed by atoms with Crippen molar-refractivity contribution in [2.75, 3.05) is 19.0 Å². The average molecular weight is 405 g/mol. The van der Waals surface area contributed by atoms with E-state index in [1.54, 1.807) is 19.2 Å². The van der Waals surface area contributed by atoms with Gasteiger partial charge in [0.1, 0.15) is 12.4 Å². The number of anilines is 1. The van der Waals surface area contributed by atoms with Crippen LogP contribution in [0.25, 0.3) is 0 Å². The van der Waals surface area contributed by atoms with E-state index in [4.69, 9.17) is 14.2 Å². The molecule has 0 radical (unpaired) electrons. The van der Waals surface area contributed by atoms with E-state index in [1.165, 1.54) is 0 Å². The molecule has 0 fully saturated rings. The number of ether oxygens (including phenoxy) is 3. The number of hydrogen-bond acceptors (Lipinski definition) is 4. The topological polar surface area (TPSA) is 56.8 Å². The summed E-state index contributed by atoms with van der Waals surface area (Å²) in [6.45, 7) is 6.72. The Bertz CT molecular complexity index is 1030. The van der Waals surface area contributed by atoms with Crippen molar-refractivity contribution in [3.8, 4) is 17.2 Å². The van der Waals surface area contributed by atoms with Gasteiger partial charge in [-0.05, 0) is 68.3 Å². The standard InChI is InChI=1S/C25H27NO4/c1-5-29-22-14-13-19(25(27)26-21-10-8-9-17(2)18(21)3)15-20(22)16-30-24-12-7-6-11-23(24)28-4/h6-15H,5,16H2,1-4H3,(H,26,27). The van der Waals surface area contributed by atoms with Crippen LogP contribution in [0.4, 0.5) is 5.69 Å². The van der Waals surface area contributed by atoms with Crippen molar-refractivity contribution in [2.24, 2.45) is 0 Å². The summed E-state index contributed by atoms with van der Waals surface area (Å²) in [4.78, 5) is 12.9. The summed E-state index contributed by atoms with van der Waals surface area (Å²) in [5.74, 6) is 1.80. The maximum absolute atomic E-state index is 12.9. The SMILES string of the molecule is CCOc1ccc(C(=O)Nc2cccc(C)c2C)cc1COc1ccccc1OC. The minimum absolute atomic E-state index is 0.176. The van der Waals surface area contributed by atoms with Crippen LogP contribution in [0.15, 0.2) is 60.7 Å². The van der Waals surface area contributed by atoms with E-state index in [-0.39, 0.29) is 12.5 Å². The molecule has 3 aromatic rings. The molecule has 0 spiro atoms. The lowest BCUT2D eigenvalue weighted by Gasteiger charge is -2.15. The predicted octanol–water partition coefficient (Wildman–Crippen LogP) is 5.54. The van der Waals surface area contributed by atoms with Crippen molar-refractivity contribution in [3.63, 3.8) is 0 Å². The first-order valence-corrected chi connectivity index (χ1v) is 9.92. The molecule has 1 amide bonds. The zero-order chi connectivity index (χ0) is 21.5. The van der Waals surface area contributed by atoms with Crippen LogP contribution in [-0.2, 0) is 6.61 Å². The summed E-state index contributed by atoms with van der Waals surface area (Å²) in [7, 11) is 1.60. The second kappa shape index (κ2) is 9.83. The highest BCUT2D eigenvalue weighted by molar-refractivity contribution is 6.05. The Kier molecular flexibility index (Phi) is 6.96. The number of rotatable bonds is 8. The maximum Gasteiger partial charge on any atom is 0.255 e. The minimum Gasteiger partial charge on any atom is -0.493 e. The first kappa shape index (κ1) is 21.2. The van der Waals surface area contributed by atoms with Gasteiger partial charge in [0.25, 0.3) is 5.91 Å². The van der Waals surface area contributed by atoms with Gasteiger partial charge in [-0.15, -0.1) is 0 Å². The number of carbonyl (C=O) groups is 1. The predicted molar refractivity (Wildman–Crippen MR) is 119 cm³/mol. The summed E-state index contributed by atoms with van der Waals surface area (Å²) >= 11 is 0. The number of methoxy groups -OCH3 is 1. The Morgan fingerprint density at radius 3 is 2.40 bits per heavy atom. The fraction of sp³-hybridized carbons (Fsp3) is 0.240. The largest absolute Gasteiger partial charge is 0.493 e. The molecule has 0 aromatic heterocycles. The third-order valence-electron chi connectivity index (χ3n) is 4.93. The van der Waals surface area contributed by atoms with E-state index < -0.39 is 0 Å². The molecule has 0 saturated heterocycles. The Morgan fingerprint density at radius 2 is 1.67 bits per heavy atom. The van der Waals surface area contributed by atoms with E-state index in [2.05, 4.69) is 5.32 Å². The van der Waals surface area contributed by atoms with Crippen molar-refractivity contribution in [3.05, 3.63) is 82.9 Å². The molecular weight excluding hydrogens is 378 g/mol. The van der Waals surface area contributed by atoms with Crippen LogP contribution < -0.4 is 19.5 Å². The number of para-hydroxylation sites is 2. The lowest BCUT2D eigenvalue weighted by molar-refractivity contribution is 0.102. The molecule has 30 heavy (non-hydrogen) atoms. The van der Waals surface area contributed by atoms with Gasteiger partial charge in [0.2, 0.25) is 0 Å². The number of aryl methyl sites for hydroxylation is 1. The van der Waals surface area contributed by atoms with Crippen molar-refractivity contribution in [1.29, 1.82) is 0 Å². The summed E-state index contributed by atoms with van der Waals surface area (Å²) in [6, 6.07) is 18.7. The van der Waals surface area contributed by atoms with Crippen LogP contribution >= 0.6 is 0 Å². The van der Waals surface area contributed by atoms with Crippen LogP contribution in [0, 0.1) is 13.8 Å². The molecule has 0 heterocycles. The summed E-state index contributed by atoms with van der Waals surface area (Å²) in [6.07, 6.45) is 0. The molecule has 0 aliphatic carbocycles. The summed E-state index contributed by atoms with van der Waals surface area (Å²) in [5, 5.41) is 3.00. The highest BCUT2D eigenvalue weighted by atomic mass is 16.5. The van der Waals surface area contributed by atoms with Gasteiger partial charge in [0.15, 0.2) is 11.5 Å². The molecule has 5 nitrogen and oxygen atoms in total. The quantitative estimate of drug-likeness (QED) is 0.534. The molecule has 156 valence electrons. The molecule has 0 unspecified atom stereocenters. The van der Waals surface area contributed by atoms with Crippen LogP contribution in [0.5, 0.6) is 17.2 Å². The van der Waals surface area contributed by atoms with E-state index in [1.807, 2.05) is 69.3 Å². The molecule has 0 saturated carbocycles. The van der Waals surface area contributed by atoms with Crippen molar-refractivity contribution in [1.82, 2.24) is 0 Å². The van der Waals surface area contributed by atoms with Crippen LogP contribution in [0.2, 0.25) is 0 Å². The second-order valence-electron chi connectivity index (χ2n) is 6.90. The van der Waals surface area contributed by atoms with Gasteiger partial charge in [-0.1, -0.05) is 24.3 Å². The van der Waals surface area contributed by atoms with Crippen molar-refractivity contribution >= 4 is 11.6 Å². The fourth-order valence-electron chi connectivity index (χ4n) is 3.10. The van der Waals surface area contributed by atoms with Crippen LogP contribution in [-0.4, -0.2) is 19.6 Å². The lowest BCUT2D eigenvalue weighted by Crippen LogP contribution is -2.14. The number of benzene rings is 3. The zero-order valence-electron chi connectivity index (χ0n) is 17.8. The zero-order valence-corrected chi connectivity index (χ0v) is 17.8. The van der Waals surface area contributed by atoms with Crippen molar-refractivity contribution in [2.45, 2.75) is 27.4 Å². The Balaban J connectivity index is 1.83. The third kappa shape index (κ3) is 4.92. The van der Waals surface area contributed by atoms with Gasteiger partial charge >= 0.3 is 0 Å². The monoisotopic (exact) mass is 405 g/mol. The maximum atomic E-state index is 12.9. The highest BCUT2D eigenvalue weighted by Gasteiger charge is 2.14. The Labute approximate surface area is 177 Å². The molecule has 3 rings (SSSR count). The second-order valence-corrected chi connectivity index (χ2v) is 6.90. The highest BCUT2D eigenvalue weighted by Crippen LogP contribution is 2.29. The van der Waals surface area contributed by atoms with Gasteiger partial charge in [-0.2, -0.15) is 0 Å². The Hall–Kier alpha value is -3.47. The molecule has 1 N–H and O–H groups in total. The van der Waals surface area contributed by atoms with E-state index >= 15 is 0 Å². The molecule has 0 atom stereocenters. The van der Waals surface area contributed by atoms with Gasteiger partial charge in [-0.25, -0.2) is 0 Å². The average Bonchev–Trinajstić information content (AvgIpc) is 2.76. The Morgan fingerprint density at radius 1 is 0.900 bits per heavy atom. The van der Waals surface area contributed by atoms with Crippen LogP contribution in [0.1, 0.15) is 34.0 Å². The molecule has 0 aliphatic rings. The third-order valence-corrected chi connectivity index (χ3v) is 4.93. The number of amides is 1. The minimum atomic E-state index is -0.176. The number of hydrogen-bond donors (Lipinski definition) is 1. The van der Waals surface area contributed by atoms with Crippen LogP contribution in [0.3, 0.4) is 0 Å². The van der Waals surface area contributed by atoms with Gasteiger partial charge in [0.05, 0.1) is 13.7 Å². The number of carbonyl (C=O) groups excluding carboxylic acids is 1. The first-order valence-electron chi connectivity index (χ1n) is 9.92. The van der Waals surface area contributed by atoms with E-state index in [0.29, 0.717) is 29.4 Å². The van der Waals surface area contributed by atoms with Gasteiger partial charge in [-0.3, -0.25) is 4.79 Å². The summed E-state index contributed by atoms with van der Waals surface area (Å²) < 4.78 is 17.0.